The second-order valence-corrected chi connectivity index (χ2v) is 8.52. The fourth-order valence-electron chi connectivity index (χ4n) is 2.19. The Hall–Kier alpha value is -0.230. The normalized spacial score (nSPS) is 19.9. The molecule has 7 heteroatoms. The zero-order valence-corrected chi connectivity index (χ0v) is 15.2. The average Bonchev–Trinajstić information content (AvgIpc) is 3.05. The SMILES string of the molecule is CCn1c(SCC2CC2(Cl)Cl)nc2ccc(Br)cc2c1=O. The number of alkyl halides is 2. The first-order valence-electron chi connectivity index (χ1n) is 6.63. The average molecular weight is 408 g/mol. The van der Waals surface area contributed by atoms with Gasteiger partial charge in [0.05, 0.1) is 10.9 Å². The van der Waals surface area contributed by atoms with Crippen LogP contribution in [0.2, 0.25) is 0 Å². The van der Waals surface area contributed by atoms with Gasteiger partial charge >= 0.3 is 0 Å². The van der Waals surface area contributed by atoms with E-state index in [0.29, 0.717) is 17.4 Å². The van der Waals surface area contributed by atoms with E-state index in [1.54, 1.807) is 16.3 Å². The summed E-state index contributed by atoms with van der Waals surface area (Å²) in [6.45, 7) is 2.54. The van der Waals surface area contributed by atoms with Crippen LogP contribution in [0.5, 0.6) is 0 Å². The van der Waals surface area contributed by atoms with Gasteiger partial charge < -0.3 is 0 Å². The number of halogens is 3. The van der Waals surface area contributed by atoms with Crippen LogP contribution >= 0.6 is 50.9 Å². The number of aromatic nitrogens is 2. The number of benzene rings is 1. The van der Waals surface area contributed by atoms with E-state index in [9.17, 15) is 4.79 Å². The minimum atomic E-state index is -0.591. The first kappa shape index (κ1) is 15.7. The zero-order chi connectivity index (χ0) is 15.2. The van der Waals surface area contributed by atoms with Crippen LogP contribution in [0, 0.1) is 5.92 Å². The predicted octanol–water partition coefficient (Wildman–Crippen LogP) is 4.46. The molecule has 0 amide bonds. The van der Waals surface area contributed by atoms with Crippen LogP contribution in [0.1, 0.15) is 13.3 Å². The molecule has 1 atom stereocenters. The van der Waals surface area contributed by atoms with Crippen molar-refractivity contribution in [3.8, 4) is 0 Å². The fraction of sp³-hybridized carbons (Fsp3) is 0.429. The number of hydrogen-bond acceptors (Lipinski definition) is 3. The lowest BCUT2D eigenvalue weighted by Crippen LogP contribution is -2.22. The van der Waals surface area contributed by atoms with Crippen molar-refractivity contribution in [3.63, 3.8) is 0 Å². The van der Waals surface area contributed by atoms with Gasteiger partial charge in [0.2, 0.25) is 0 Å². The van der Waals surface area contributed by atoms with Crippen molar-refractivity contribution in [2.45, 2.75) is 29.4 Å². The van der Waals surface area contributed by atoms with Crippen molar-refractivity contribution in [1.29, 1.82) is 0 Å². The van der Waals surface area contributed by atoms with Crippen LogP contribution in [0.15, 0.2) is 32.6 Å². The molecule has 0 aliphatic heterocycles. The Labute approximate surface area is 145 Å². The van der Waals surface area contributed by atoms with Gasteiger partial charge in [-0.2, -0.15) is 0 Å². The molecule has 1 aliphatic carbocycles. The van der Waals surface area contributed by atoms with Crippen LogP contribution in [-0.2, 0) is 6.54 Å². The standard InChI is InChI=1S/C14H13BrCl2N2OS/c1-2-19-12(20)10-5-9(15)3-4-11(10)18-13(19)21-7-8-6-14(8,16)17/h3-5,8H,2,6-7H2,1H3. The minimum absolute atomic E-state index is 0.00916. The van der Waals surface area contributed by atoms with Gasteiger partial charge in [-0.15, -0.1) is 23.2 Å². The molecule has 1 aromatic heterocycles. The zero-order valence-electron chi connectivity index (χ0n) is 11.3. The summed E-state index contributed by atoms with van der Waals surface area (Å²) in [5.74, 6) is 1.05. The van der Waals surface area contributed by atoms with Crippen LogP contribution in [-0.4, -0.2) is 19.6 Å². The third kappa shape index (κ3) is 3.11. The van der Waals surface area contributed by atoms with E-state index in [2.05, 4.69) is 20.9 Å². The van der Waals surface area contributed by atoms with Gasteiger partial charge in [0.25, 0.3) is 5.56 Å². The van der Waals surface area contributed by atoms with Crippen molar-refractivity contribution < 1.29 is 0 Å². The minimum Gasteiger partial charge on any atom is -0.287 e. The Morgan fingerprint density at radius 2 is 2.24 bits per heavy atom. The molecule has 112 valence electrons. The van der Waals surface area contributed by atoms with Crippen molar-refractivity contribution in [2.24, 2.45) is 5.92 Å². The highest BCUT2D eigenvalue weighted by Crippen LogP contribution is 2.54. The Kier molecular flexibility index (Phi) is 4.30. The van der Waals surface area contributed by atoms with Gasteiger partial charge in [0.1, 0.15) is 4.33 Å². The summed E-state index contributed by atoms with van der Waals surface area (Å²) in [5, 5.41) is 1.36. The largest absolute Gasteiger partial charge is 0.287 e. The molecule has 1 aromatic carbocycles. The van der Waals surface area contributed by atoms with E-state index in [0.717, 1.165) is 21.8 Å². The molecule has 0 radical (unpaired) electrons. The quantitative estimate of drug-likeness (QED) is 0.426. The van der Waals surface area contributed by atoms with Crippen molar-refractivity contribution in [2.75, 3.05) is 5.75 Å². The summed E-state index contributed by atoms with van der Waals surface area (Å²) >= 11 is 17.0. The fourth-order valence-corrected chi connectivity index (χ4v) is 4.54. The second kappa shape index (κ2) is 5.76. The molecular weight excluding hydrogens is 395 g/mol. The molecular formula is C14H13BrCl2N2OS. The van der Waals surface area contributed by atoms with Gasteiger partial charge in [0, 0.05) is 22.7 Å². The maximum absolute atomic E-state index is 12.6. The summed E-state index contributed by atoms with van der Waals surface area (Å²) in [6.07, 6.45) is 0.806. The molecule has 0 bridgehead atoms. The van der Waals surface area contributed by atoms with Gasteiger partial charge in [0.15, 0.2) is 5.16 Å². The molecule has 1 fully saturated rings. The van der Waals surface area contributed by atoms with Gasteiger partial charge in [-0.25, -0.2) is 4.98 Å². The summed E-state index contributed by atoms with van der Waals surface area (Å²) in [6, 6.07) is 5.56. The van der Waals surface area contributed by atoms with Crippen LogP contribution in [0.4, 0.5) is 0 Å². The van der Waals surface area contributed by atoms with E-state index in [4.69, 9.17) is 23.2 Å². The molecule has 3 rings (SSSR count). The summed E-state index contributed by atoms with van der Waals surface area (Å²) < 4.78 is 1.99. The monoisotopic (exact) mass is 406 g/mol. The first-order chi connectivity index (χ1) is 9.92. The van der Waals surface area contributed by atoms with E-state index in [1.165, 1.54) is 0 Å². The smallest absolute Gasteiger partial charge is 0.262 e. The number of hydrogen-bond donors (Lipinski definition) is 0. The Balaban J connectivity index is 1.97. The number of nitrogens with zero attached hydrogens (tertiary/aromatic N) is 2. The maximum atomic E-state index is 12.6. The summed E-state index contributed by atoms with van der Waals surface area (Å²) in [5.41, 5.74) is 0.708. The third-order valence-corrected chi connectivity index (χ3v) is 6.12. The van der Waals surface area contributed by atoms with Crippen LogP contribution in [0.25, 0.3) is 10.9 Å². The molecule has 3 nitrogen and oxygen atoms in total. The van der Waals surface area contributed by atoms with Crippen LogP contribution < -0.4 is 5.56 Å². The van der Waals surface area contributed by atoms with Crippen molar-refractivity contribution >= 4 is 61.8 Å². The maximum Gasteiger partial charge on any atom is 0.262 e. The molecule has 1 unspecified atom stereocenters. The number of thioether (sulfide) groups is 1. The number of fused-ring (bicyclic) bond motifs is 1. The van der Waals surface area contributed by atoms with E-state index in [-0.39, 0.29) is 11.5 Å². The third-order valence-electron chi connectivity index (χ3n) is 3.57. The molecule has 1 heterocycles. The van der Waals surface area contributed by atoms with Gasteiger partial charge in [-0.3, -0.25) is 9.36 Å². The molecule has 21 heavy (non-hydrogen) atoms. The molecule has 0 saturated heterocycles. The Morgan fingerprint density at radius 1 is 1.52 bits per heavy atom. The van der Waals surface area contributed by atoms with Crippen LogP contribution in [0.3, 0.4) is 0 Å². The lowest BCUT2D eigenvalue weighted by molar-refractivity contribution is 0.634. The van der Waals surface area contributed by atoms with Gasteiger partial charge in [-0.05, 0) is 31.5 Å². The lowest BCUT2D eigenvalue weighted by atomic mass is 10.2. The molecule has 0 spiro atoms. The number of rotatable bonds is 4. The van der Waals surface area contributed by atoms with Crippen molar-refractivity contribution in [1.82, 2.24) is 9.55 Å². The Bertz CT molecular complexity index is 762. The molecule has 1 aliphatic rings. The lowest BCUT2D eigenvalue weighted by Gasteiger charge is -2.11. The highest BCUT2D eigenvalue weighted by molar-refractivity contribution is 9.10. The first-order valence-corrected chi connectivity index (χ1v) is 9.16. The second-order valence-electron chi connectivity index (χ2n) is 5.08. The highest BCUT2D eigenvalue weighted by Gasteiger charge is 2.51. The molecule has 2 aromatic rings. The van der Waals surface area contributed by atoms with E-state index in [1.807, 2.05) is 25.1 Å². The summed E-state index contributed by atoms with van der Waals surface area (Å²) in [4.78, 5) is 17.2. The molecule has 1 saturated carbocycles. The van der Waals surface area contributed by atoms with Crippen molar-refractivity contribution in [3.05, 3.63) is 33.0 Å². The molecule has 0 N–H and O–H groups in total. The predicted molar refractivity (Wildman–Crippen MR) is 92.6 cm³/mol. The highest BCUT2D eigenvalue weighted by atomic mass is 79.9. The summed E-state index contributed by atoms with van der Waals surface area (Å²) in [7, 11) is 0. The Morgan fingerprint density at radius 3 is 2.86 bits per heavy atom. The van der Waals surface area contributed by atoms with Gasteiger partial charge in [-0.1, -0.05) is 27.7 Å². The topological polar surface area (TPSA) is 34.9 Å². The van der Waals surface area contributed by atoms with E-state index >= 15 is 0 Å². The van der Waals surface area contributed by atoms with E-state index < -0.39 is 4.33 Å².